The molecule has 0 unspecified atom stereocenters. The lowest BCUT2D eigenvalue weighted by molar-refractivity contribution is -0.117. The van der Waals surface area contributed by atoms with Crippen molar-refractivity contribution >= 4 is 17.7 Å². The number of anilines is 1. The van der Waals surface area contributed by atoms with Crippen LogP contribution in [0, 0.1) is 11.3 Å². The van der Waals surface area contributed by atoms with Crippen LogP contribution in [0.1, 0.15) is 32.3 Å². The Morgan fingerprint density at radius 2 is 2.13 bits per heavy atom. The lowest BCUT2D eigenvalue weighted by Crippen LogP contribution is -2.26. The Kier molecular flexibility index (Phi) is 5.64. The monoisotopic (exact) mass is 313 g/mol. The third-order valence-electron chi connectivity index (χ3n) is 3.92. The van der Waals surface area contributed by atoms with Crippen LogP contribution in [0.2, 0.25) is 0 Å². The van der Waals surface area contributed by atoms with Crippen molar-refractivity contribution in [1.82, 2.24) is 5.32 Å². The zero-order valence-corrected chi connectivity index (χ0v) is 13.9. The molecule has 0 spiro atoms. The molecule has 1 amide bonds. The van der Waals surface area contributed by atoms with Gasteiger partial charge in [-0.3, -0.25) is 4.79 Å². The second kappa shape index (κ2) is 7.68. The molecule has 0 bridgehead atoms. The van der Waals surface area contributed by atoms with Crippen molar-refractivity contribution in [1.29, 1.82) is 5.26 Å². The minimum absolute atomic E-state index is 0.103. The summed E-state index contributed by atoms with van der Waals surface area (Å²) in [6.07, 6.45) is 3.57. The number of nitrogens with one attached hydrogen (secondary N) is 1. The van der Waals surface area contributed by atoms with Gasteiger partial charge in [-0.2, -0.15) is 5.26 Å². The minimum Gasteiger partial charge on any atom is -0.496 e. The van der Waals surface area contributed by atoms with E-state index < -0.39 is 0 Å². The average molecular weight is 313 g/mol. The zero-order valence-electron chi connectivity index (χ0n) is 13.9. The third kappa shape index (κ3) is 4.26. The van der Waals surface area contributed by atoms with Gasteiger partial charge in [-0.15, -0.1) is 0 Å². The molecular weight excluding hydrogens is 290 g/mol. The number of nitrogens with zero attached hydrogens (tertiary/aromatic N) is 2. The molecular formula is C18H23N3O2. The molecule has 1 fully saturated rings. The highest BCUT2D eigenvalue weighted by Gasteiger charge is 2.24. The number of ether oxygens (including phenoxy) is 1. The summed E-state index contributed by atoms with van der Waals surface area (Å²) in [4.78, 5) is 14.3. The first-order chi connectivity index (χ1) is 11.1. The highest BCUT2D eigenvalue weighted by Crippen LogP contribution is 2.28. The topological polar surface area (TPSA) is 65.4 Å². The molecule has 1 aliphatic rings. The molecule has 0 atom stereocenters. The van der Waals surface area contributed by atoms with Crippen LogP contribution in [-0.2, 0) is 4.79 Å². The fourth-order valence-corrected chi connectivity index (χ4v) is 2.40. The van der Waals surface area contributed by atoms with Gasteiger partial charge in [-0.05, 0) is 44.9 Å². The number of hydrogen-bond acceptors (Lipinski definition) is 4. The summed E-state index contributed by atoms with van der Waals surface area (Å²) >= 11 is 0. The lowest BCUT2D eigenvalue weighted by atomic mass is 10.1. The molecule has 122 valence electrons. The highest BCUT2D eigenvalue weighted by molar-refractivity contribution is 6.02. The highest BCUT2D eigenvalue weighted by atomic mass is 16.5. The summed E-state index contributed by atoms with van der Waals surface area (Å²) in [5.41, 5.74) is 1.89. The van der Waals surface area contributed by atoms with Gasteiger partial charge in [0.05, 0.1) is 7.11 Å². The maximum Gasteiger partial charge on any atom is 0.262 e. The van der Waals surface area contributed by atoms with E-state index in [1.54, 1.807) is 13.2 Å². The largest absolute Gasteiger partial charge is 0.496 e. The Bertz CT molecular complexity index is 638. The van der Waals surface area contributed by atoms with Crippen LogP contribution in [0.3, 0.4) is 0 Å². The first-order valence-electron chi connectivity index (χ1n) is 7.98. The van der Waals surface area contributed by atoms with Gasteiger partial charge in [-0.1, -0.05) is 0 Å². The van der Waals surface area contributed by atoms with E-state index in [2.05, 4.69) is 24.1 Å². The first-order valence-corrected chi connectivity index (χ1v) is 7.98. The second-order valence-electron chi connectivity index (χ2n) is 5.52. The summed E-state index contributed by atoms with van der Waals surface area (Å²) in [5.74, 6) is 0.339. The van der Waals surface area contributed by atoms with Gasteiger partial charge in [0.15, 0.2) is 0 Å². The Morgan fingerprint density at radius 1 is 1.43 bits per heavy atom. The summed E-state index contributed by atoms with van der Waals surface area (Å²) in [5, 5.41) is 12.1. The maximum absolute atomic E-state index is 12.0. The molecule has 1 aromatic carbocycles. The van der Waals surface area contributed by atoms with Gasteiger partial charge >= 0.3 is 0 Å². The average Bonchev–Trinajstić information content (AvgIpc) is 3.38. The summed E-state index contributed by atoms with van der Waals surface area (Å²) in [6.45, 7) is 6.00. The molecule has 0 heterocycles. The number of carbonyl (C=O) groups excluding carboxylic acids is 1. The Hall–Kier alpha value is -2.48. The molecule has 23 heavy (non-hydrogen) atoms. The number of nitriles is 1. The number of benzene rings is 1. The lowest BCUT2D eigenvalue weighted by Gasteiger charge is -2.22. The van der Waals surface area contributed by atoms with E-state index in [1.807, 2.05) is 24.3 Å². The maximum atomic E-state index is 12.0. The molecule has 0 saturated heterocycles. The molecule has 2 rings (SSSR count). The molecule has 5 nitrogen and oxygen atoms in total. The third-order valence-corrected chi connectivity index (χ3v) is 3.92. The molecule has 5 heteroatoms. The minimum atomic E-state index is -0.315. The predicted molar refractivity (Wildman–Crippen MR) is 91.3 cm³/mol. The van der Waals surface area contributed by atoms with Crippen molar-refractivity contribution in [3.8, 4) is 11.8 Å². The Labute approximate surface area is 137 Å². The number of carbonyl (C=O) groups is 1. The summed E-state index contributed by atoms with van der Waals surface area (Å²) < 4.78 is 5.43. The van der Waals surface area contributed by atoms with Crippen LogP contribution in [0.4, 0.5) is 5.69 Å². The zero-order chi connectivity index (χ0) is 16.8. The number of amides is 1. The van der Waals surface area contributed by atoms with Crippen LogP contribution in [0.25, 0.3) is 6.08 Å². The standard InChI is InChI=1S/C18H23N3O2/c1-4-21(5-2)16-9-6-13(17(11-16)23-3)10-14(12-19)18(22)20-15-7-8-15/h6,9-11,15H,4-5,7-8H2,1-3H3,(H,20,22)/b14-10+. The molecule has 0 aromatic heterocycles. The normalized spacial score (nSPS) is 14.1. The van der Waals surface area contributed by atoms with Crippen LogP contribution >= 0.6 is 0 Å². The van der Waals surface area contributed by atoms with Gasteiger partial charge in [0, 0.05) is 36.4 Å². The van der Waals surface area contributed by atoms with Crippen molar-refractivity contribution < 1.29 is 9.53 Å². The van der Waals surface area contributed by atoms with Crippen LogP contribution in [0.15, 0.2) is 23.8 Å². The first kappa shape index (κ1) is 16.9. The van der Waals surface area contributed by atoms with E-state index in [9.17, 15) is 10.1 Å². The van der Waals surface area contributed by atoms with E-state index in [1.165, 1.54) is 0 Å². The van der Waals surface area contributed by atoms with Crippen molar-refractivity contribution in [2.45, 2.75) is 32.7 Å². The SMILES string of the molecule is CCN(CC)c1ccc(/C=C(\C#N)C(=O)NC2CC2)c(OC)c1. The van der Waals surface area contributed by atoms with Crippen molar-refractivity contribution in [3.63, 3.8) is 0 Å². The molecule has 1 aliphatic carbocycles. The summed E-state index contributed by atoms with van der Waals surface area (Å²) in [7, 11) is 1.59. The Balaban J connectivity index is 2.28. The van der Waals surface area contributed by atoms with Crippen LogP contribution in [0.5, 0.6) is 5.75 Å². The van der Waals surface area contributed by atoms with Crippen LogP contribution < -0.4 is 15.0 Å². The van der Waals surface area contributed by atoms with Gasteiger partial charge in [0.25, 0.3) is 5.91 Å². The molecule has 1 saturated carbocycles. The van der Waals surface area contributed by atoms with Gasteiger partial charge in [-0.25, -0.2) is 0 Å². The molecule has 0 radical (unpaired) electrons. The molecule has 1 N–H and O–H groups in total. The quantitative estimate of drug-likeness (QED) is 0.621. The fourth-order valence-electron chi connectivity index (χ4n) is 2.40. The number of rotatable bonds is 7. The summed E-state index contributed by atoms with van der Waals surface area (Å²) in [6, 6.07) is 8.01. The van der Waals surface area contributed by atoms with Crippen molar-refractivity contribution in [2.75, 3.05) is 25.1 Å². The van der Waals surface area contributed by atoms with E-state index in [0.717, 1.165) is 37.2 Å². The van der Waals surface area contributed by atoms with Crippen LogP contribution in [-0.4, -0.2) is 32.1 Å². The number of hydrogen-bond donors (Lipinski definition) is 1. The van der Waals surface area contributed by atoms with E-state index in [0.29, 0.717) is 5.75 Å². The van der Waals surface area contributed by atoms with E-state index in [-0.39, 0.29) is 17.5 Å². The Morgan fingerprint density at radius 3 is 2.65 bits per heavy atom. The smallest absolute Gasteiger partial charge is 0.262 e. The van der Waals surface area contributed by atoms with Crippen molar-refractivity contribution in [3.05, 3.63) is 29.3 Å². The molecule has 0 aliphatic heterocycles. The van der Waals surface area contributed by atoms with Gasteiger partial charge < -0.3 is 15.0 Å². The number of methoxy groups -OCH3 is 1. The van der Waals surface area contributed by atoms with Gasteiger partial charge in [0.2, 0.25) is 0 Å². The van der Waals surface area contributed by atoms with E-state index in [4.69, 9.17) is 4.74 Å². The van der Waals surface area contributed by atoms with Crippen molar-refractivity contribution in [2.24, 2.45) is 0 Å². The van der Waals surface area contributed by atoms with Gasteiger partial charge in [0.1, 0.15) is 17.4 Å². The second-order valence-corrected chi connectivity index (χ2v) is 5.52. The van der Waals surface area contributed by atoms with E-state index >= 15 is 0 Å². The fraction of sp³-hybridized carbons (Fsp3) is 0.444. The molecule has 1 aromatic rings. The predicted octanol–water partition coefficient (Wildman–Crippen LogP) is 2.73.